The SMILES string of the molecule is Cc1ccc(-n2nnnc2SCc2nc(-c3cccs3)no2)cc1. The van der Waals surface area contributed by atoms with Crippen molar-refractivity contribution in [2.75, 3.05) is 0 Å². The first-order valence-electron chi connectivity index (χ1n) is 7.14. The normalized spacial score (nSPS) is 11.0. The first-order chi connectivity index (χ1) is 11.8. The molecule has 3 heterocycles. The molecular weight excluding hydrogens is 344 g/mol. The maximum Gasteiger partial charge on any atom is 0.237 e. The van der Waals surface area contributed by atoms with Crippen LogP contribution in [0.4, 0.5) is 0 Å². The number of hydrogen-bond acceptors (Lipinski definition) is 8. The van der Waals surface area contributed by atoms with Crippen LogP contribution in [0.25, 0.3) is 16.4 Å². The number of nitrogens with zero attached hydrogens (tertiary/aromatic N) is 6. The number of rotatable bonds is 5. The third kappa shape index (κ3) is 3.08. The number of tetrazole rings is 1. The van der Waals surface area contributed by atoms with Crippen molar-refractivity contribution in [3.05, 3.63) is 53.2 Å². The highest BCUT2D eigenvalue weighted by Crippen LogP contribution is 2.25. The van der Waals surface area contributed by atoms with Crippen molar-refractivity contribution in [1.29, 1.82) is 0 Å². The van der Waals surface area contributed by atoms with E-state index in [1.54, 1.807) is 16.0 Å². The average Bonchev–Trinajstić information content (AvgIpc) is 3.34. The van der Waals surface area contributed by atoms with E-state index in [9.17, 15) is 0 Å². The van der Waals surface area contributed by atoms with Gasteiger partial charge < -0.3 is 4.52 Å². The van der Waals surface area contributed by atoms with Gasteiger partial charge in [-0.1, -0.05) is 40.7 Å². The Morgan fingerprint density at radius 2 is 2.08 bits per heavy atom. The molecule has 7 nitrogen and oxygen atoms in total. The standard InChI is InChI=1S/C15H12N6OS2/c1-10-4-6-11(7-5-10)21-15(17-19-20-21)24-9-13-16-14(18-22-13)12-3-2-8-23-12/h2-8H,9H2,1H3. The molecule has 120 valence electrons. The summed E-state index contributed by atoms with van der Waals surface area (Å²) in [4.78, 5) is 5.39. The lowest BCUT2D eigenvalue weighted by atomic mass is 10.2. The minimum atomic E-state index is 0.505. The van der Waals surface area contributed by atoms with Crippen molar-refractivity contribution in [2.24, 2.45) is 0 Å². The van der Waals surface area contributed by atoms with Gasteiger partial charge in [-0.05, 0) is 40.9 Å². The number of thioether (sulfide) groups is 1. The van der Waals surface area contributed by atoms with E-state index in [0.29, 0.717) is 22.6 Å². The molecule has 4 rings (SSSR count). The summed E-state index contributed by atoms with van der Waals surface area (Å²) in [5, 5.41) is 18.5. The molecule has 0 radical (unpaired) electrons. The lowest BCUT2D eigenvalue weighted by molar-refractivity contribution is 0.391. The molecule has 0 saturated heterocycles. The van der Waals surface area contributed by atoms with Crippen LogP contribution in [0.15, 0.2) is 51.5 Å². The van der Waals surface area contributed by atoms with Crippen molar-refractivity contribution in [1.82, 2.24) is 30.3 Å². The Labute approximate surface area is 145 Å². The van der Waals surface area contributed by atoms with Crippen molar-refractivity contribution in [2.45, 2.75) is 17.8 Å². The molecule has 0 bridgehead atoms. The number of thiophene rings is 1. The Morgan fingerprint density at radius 1 is 1.21 bits per heavy atom. The van der Waals surface area contributed by atoms with Crippen molar-refractivity contribution in [3.63, 3.8) is 0 Å². The molecule has 0 aliphatic rings. The Morgan fingerprint density at radius 3 is 2.88 bits per heavy atom. The van der Waals surface area contributed by atoms with Gasteiger partial charge in [0.05, 0.1) is 16.3 Å². The minimum absolute atomic E-state index is 0.505. The van der Waals surface area contributed by atoms with E-state index in [-0.39, 0.29) is 0 Å². The summed E-state index contributed by atoms with van der Waals surface area (Å²) >= 11 is 3.03. The zero-order valence-electron chi connectivity index (χ0n) is 12.7. The third-order valence-corrected chi connectivity index (χ3v) is 5.02. The topological polar surface area (TPSA) is 82.5 Å². The average molecular weight is 356 g/mol. The molecule has 4 aromatic rings. The van der Waals surface area contributed by atoms with Crippen LogP contribution in [0.3, 0.4) is 0 Å². The van der Waals surface area contributed by atoms with E-state index < -0.39 is 0 Å². The molecule has 0 aliphatic carbocycles. The van der Waals surface area contributed by atoms with Gasteiger partial charge in [-0.25, -0.2) is 0 Å². The zero-order chi connectivity index (χ0) is 16.4. The van der Waals surface area contributed by atoms with Gasteiger partial charge in [0.25, 0.3) is 0 Å². The molecule has 3 aromatic heterocycles. The Balaban J connectivity index is 1.49. The predicted octanol–water partition coefficient (Wildman–Crippen LogP) is 3.37. The highest BCUT2D eigenvalue weighted by Gasteiger charge is 2.13. The summed E-state index contributed by atoms with van der Waals surface area (Å²) < 4.78 is 6.99. The van der Waals surface area contributed by atoms with E-state index in [1.165, 1.54) is 17.3 Å². The summed E-state index contributed by atoms with van der Waals surface area (Å²) in [6, 6.07) is 11.9. The van der Waals surface area contributed by atoms with Gasteiger partial charge in [-0.3, -0.25) is 0 Å². The predicted molar refractivity (Wildman–Crippen MR) is 91.1 cm³/mol. The number of aryl methyl sites for hydroxylation is 1. The molecule has 0 fully saturated rings. The molecule has 0 amide bonds. The highest BCUT2D eigenvalue weighted by molar-refractivity contribution is 7.98. The van der Waals surface area contributed by atoms with E-state index in [2.05, 4.69) is 25.7 Å². The summed E-state index contributed by atoms with van der Waals surface area (Å²) in [5.41, 5.74) is 2.10. The van der Waals surface area contributed by atoms with E-state index in [0.717, 1.165) is 10.6 Å². The number of hydrogen-bond donors (Lipinski definition) is 0. The van der Waals surface area contributed by atoms with Crippen molar-refractivity contribution in [3.8, 4) is 16.4 Å². The molecule has 0 atom stereocenters. The maximum absolute atomic E-state index is 5.29. The molecule has 9 heteroatoms. The van der Waals surface area contributed by atoms with Crippen LogP contribution in [0.2, 0.25) is 0 Å². The van der Waals surface area contributed by atoms with Gasteiger partial charge in [0.2, 0.25) is 16.9 Å². The van der Waals surface area contributed by atoms with Gasteiger partial charge in [0.1, 0.15) is 0 Å². The maximum atomic E-state index is 5.29. The lowest BCUT2D eigenvalue weighted by Gasteiger charge is -2.03. The summed E-state index contributed by atoms with van der Waals surface area (Å²) in [6.07, 6.45) is 0. The van der Waals surface area contributed by atoms with E-state index >= 15 is 0 Å². The summed E-state index contributed by atoms with van der Waals surface area (Å²) in [6.45, 7) is 2.04. The second-order valence-corrected chi connectivity index (χ2v) is 6.88. The monoisotopic (exact) mass is 356 g/mol. The van der Waals surface area contributed by atoms with E-state index in [1.807, 2.05) is 48.7 Å². The zero-order valence-corrected chi connectivity index (χ0v) is 14.3. The molecule has 0 unspecified atom stereocenters. The van der Waals surface area contributed by atoms with E-state index in [4.69, 9.17) is 4.52 Å². The molecular formula is C15H12N6OS2. The van der Waals surface area contributed by atoms with Crippen LogP contribution in [0.1, 0.15) is 11.5 Å². The van der Waals surface area contributed by atoms with Gasteiger partial charge in [-0.2, -0.15) is 9.67 Å². The minimum Gasteiger partial charge on any atom is -0.338 e. The van der Waals surface area contributed by atoms with Crippen molar-refractivity contribution >= 4 is 23.1 Å². The summed E-state index contributed by atoms with van der Waals surface area (Å²) in [7, 11) is 0. The summed E-state index contributed by atoms with van der Waals surface area (Å²) in [5.74, 6) is 1.66. The second-order valence-electron chi connectivity index (χ2n) is 4.99. The largest absolute Gasteiger partial charge is 0.338 e. The van der Waals surface area contributed by atoms with Crippen LogP contribution in [-0.2, 0) is 5.75 Å². The fourth-order valence-corrected chi connectivity index (χ4v) is 3.44. The smallest absolute Gasteiger partial charge is 0.237 e. The number of aromatic nitrogens is 6. The first kappa shape index (κ1) is 15.0. The first-order valence-corrected chi connectivity index (χ1v) is 9.01. The number of benzene rings is 1. The van der Waals surface area contributed by atoms with Crippen LogP contribution >= 0.6 is 23.1 Å². The third-order valence-electron chi connectivity index (χ3n) is 3.25. The van der Waals surface area contributed by atoms with Crippen LogP contribution < -0.4 is 0 Å². The Bertz CT molecular complexity index is 929. The molecule has 0 saturated carbocycles. The van der Waals surface area contributed by atoms with Crippen molar-refractivity contribution < 1.29 is 4.52 Å². The fourth-order valence-electron chi connectivity index (χ4n) is 2.06. The van der Waals surface area contributed by atoms with Gasteiger partial charge in [0, 0.05) is 0 Å². The Hall–Kier alpha value is -2.52. The van der Waals surface area contributed by atoms with Gasteiger partial charge >= 0.3 is 0 Å². The molecule has 0 aliphatic heterocycles. The second kappa shape index (κ2) is 6.54. The quantitative estimate of drug-likeness (QED) is 0.507. The molecule has 0 spiro atoms. The van der Waals surface area contributed by atoms with Gasteiger partial charge in [0.15, 0.2) is 0 Å². The fraction of sp³-hybridized carbons (Fsp3) is 0.133. The molecule has 0 N–H and O–H groups in total. The van der Waals surface area contributed by atoms with Crippen LogP contribution in [0, 0.1) is 6.92 Å². The van der Waals surface area contributed by atoms with Crippen LogP contribution in [-0.4, -0.2) is 30.3 Å². The Kier molecular flexibility index (Phi) is 4.09. The molecule has 1 aromatic carbocycles. The lowest BCUT2D eigenvalue weighted by Crippen LogP contribution is -1.99. The molecule has 24 heavy (non-hydrogen) atoms. The highest BCUT2D eigenvalue weighted by atomic mass is 32.2. The van der Waals surface area contributed by atoms with Crippen LogP contribution in [0.5, 0.6) is 0 Å². The van der Waals surface area contributed by atoms with Gasteiger partial charge in [-0.15, -0.1) is 16.4 Å².